The molecule has 0 unspecified atom stereocenters. The van der Waals surface area contributed by atoms with Gasteiger partial charge in [0.25, 0.3) is 0 Å². The highest BCUT2D eigenvalue weighted by atomic mass is 16.5. The maximum atomic E-state index is 12.4. The van der Waals surface area contributed by atoms with Crippen molar-refractivity contribution in [3.05, 3.63) is 84.6 Å². The standard InChI is InChI=1S/C24H22N4O2/c29-24(27-19-8-7-18-10-11-25-21(18)15-19)26-16-17-6-9-23-22(14-17)28(12-13-30-23)20-4-2-1-3-5-20/h1-11,14-15,25H,12-13,16H2,(H2,26,27,29). The van der Waals surface area contributed by atoms with Crippen molar-refractivity contribution in [3.8, 4) is 5.75 Å². The van der Waals surface area contributed by atoms with E-state index in [4.69, 9.17) is 4.74 Å². The Morgan fingerprint density at radius 3 is 2.83 bits per heavy atom. The zero-order valence-corrected chi connectivity index (χ0v) is 16.4. The third-order valence-electron chi connectivity index (χ3n) is 5.22. The summed E-state index contributed by atoms with van der Waals surface area (Å²) in [6, 6.07) is 23.8. The second-order valence-electron chi connectivity index (χ2n) is 7.23. The summed E-state index contributed by atoms with van der Waals surface area (Å²) in [6.45, 7) is 1.86. The van der Waals surface area contributed by atoms with Crippen LogP contribution in [0.15, 0.2) is 79.0 Å². The lowest BCUT2D eigenvalue weighted by Gasteiger charge is -2.31. The predicted octanol–water partition coefficient (Wildman–Crippen LogP) is 5.02. The molecular weight excluding hydrogens is 376 g/mol. The van der Waals surface area contributed by atoms with Gasteiger partial charge in [0.2, 0.25) is 0 Å². The Balaban J connectivity index is 1.28. The molecule has 3 aromatic carbocycles. The molecule has 3 N–H and O–H groups in total. The third kappa shape index (κ3) is 3.67. The lowest BCUT2D eigenvalue weighted by molar-refractivity contribution is 0.251. The van der Waals surface area contributed by atoms with Crippen LogP contribution in [-0.2, 0) is 6.54 Å². The van der Waals surface area contributed by atoms with E-state index in [0.717, 1.165) is 45.8 Å². The number of rotatable bonds is 4. The summed E-state index contributed by atoms with van der Waals surface area (Å²) in [6.07, 6.45) is 1.88. The molecule has 0 atom stereocenters. The molecule has 6 heteroatoms. The number of aromatic nitrogens is 1. The van der Waals surface area contributed by atoms with E-state index >= 15 is 0 Å². The molecule has 4 aromatic rings. The van der Waals surface area contributed by atoms with E-state index in [1.54, 1.807) is 0 Å². The fraction of sp³-hybridized carbons (Fsp3) is 0.125. The number of nitrogens with zero attached hydrogens (tertiary/aromatic N) is 1. The van der Waals surface area contributed by atoms with Crippen molar-refractivity contribution in [2.75, 3.05) is 23.4 Å². The highest BCUT2D eigenvalue weighted by molar-refractivity contribution is 5.92. The van der Waals surface area contributed by atoms with Crippen LogP contribution in [0.2, 0.25) is 0 Å². The van der Waals surface area contributed by atoms with E-state index in [2.05, 4.69) is 38.7 Å². The SMILES string of the molecule is O=C(NCc1ccc2c(c1)N(c1ccccc1)CCO2)Nc1ccc2cc[nH]c2c1. The van der Waals surface area contributed by atoms with Crippen LogP contribution in [0.3, 0.4) is 0 Å². The molecule has 150 valence electrons. The number of ether oxygens (including phenoxy) is 1. The normalized spacial score (nSPS) is 12.9. The molecule has 1 aromatic heterocycles. The molecule has 2 heterocycles. The summed E-state index contributed by atoms with van der Waals surface area (Å²) in [4.78, 5) is 17.8. The van der Waals surface area contributed by atoms with E-state index in [1.807, 2.05) is 60.8 Å². The predicted molar refractivity (Wildman–Crippen MR) is 120 cm³/mol. The van der Waals surface area contributed by atoms with E-state index in [0.29, 0.717) is 13.2 Å². The molecule has 1 aliphatic rings. The molecular formula is C24H22N4O2. The number of carbonyl (C=O) groups is 1. The van der Waals surface area contributed by atoms with Crippen LogP contribution in [-0.4, -0.2) is 24.2 Å². The number of nitrogens with one attached hydrogen (secondary N) is 3. The van der Waals surface area contributed by atoms with Gasteiger partial charge in [-0.15, -0.1) is 0 Å². The molecule has 0 aliphatic carbocycles. The van der Waals surface area contributed by atoms with Crippen LogP contribution in [0.1, 0.15) is 5.56 Å². The Morgan fingerprint density at radius 1 is 1.03 bits per heavy atom. The van der Waals surface area contributed by atoms with Crippen LogP contribution in [0.4, 0.5) is 21.9 Å². The van der Waals surface area contributed by atoms with Gasteiger partial charge in [0.05, 0.1) is 12.2 Å². The highest BCUT2D eigenvalue weighted by Crippen LogP contribution is 2.37. The average molecular weight is 398 g/mol. The molecule has 0 spiro atoms. The molecule has 0 radical (unpaired) electrons. The number of urea groups is 1. The number of carbonyl (C=O) groups excluding carboxylic acids is 1. The summed E-state index contributed by atoms with van der Waals surface area (Å²) in [5.74, 6) is 0.859. The monoisotopic (exact) mass is 398 g/mol. The first-order chi connectivity index (χ1) is 14.8. The zero-order chi connectivity index (χ0) is 20.3. The Bertz CT molecular complexity index is 1190. The van der Waals surface area contributed by atoms with E-state index in [9.17, 15) is 4.79 Å². The summed E-state index contributed by atoms with van der Waals surface area (Å²) in [7, 11) is 0. The number of anilines is 3. The van der Waals surface area contributed by atoms with Gasteiger partial charge in [-0.05, 0) is 53.4 Å². The largest absolute Gasteiger partial charge is 0.490 e. The number of H-pyrrole nitrogens is 1. The first-order valence-corrected chi connectivity index (χ1v) is 9.96. The quantitative estimate of drug-likeness (QED) is 0.452. The maximum absolute atomic E-state index is 12.4. The minimum Gasteiger partial charge on any atom is -0.490 e. The molecule has 0 saturated carbocycles. The van der Waals surface area contributed by atoms with Gasteiger partial charge < -0.3 is 25.3 Å². The second-order valence-corrected chi connectivity index (χ2v) is 7.23. The van der Waals surface area contributed by atoms with Gasteiger partial charge >= 0.3 is 6.03 Å². The zero-order valence-electron chi connectivity index (χ0n) is 16.4. The van der Waals surface area contributed by atoms with Gasteiger partial charge in [-0.3, -0.25) is 0 Å². The Hall–Kier alpha value is -3.93. The van der Waals surface area contributed by atoms with Crippen molar-refractivity contribution in [1.82, 2.24) is 10.3 Å². The molecule has 5 rings (SSSR count). The molecule has 2 amide bonds. The number of benzene rings is 3. The summed E-state index contributed by atoms with van der Waals surface area (Å²) in [5.41, 5.74) is 4.89. The van der Waals surface area contributed by atoms with Gasteiger partial charge in [0.15, 0.2) is 0 Å². The molecule has 6 nitrogen and oxygen atoms in total. The van der Waals surface area contributed by atoms with Crippen molar-refractivity contribution in [3.63, 3.8) is 0 Å². The highest BCUT2D eigenvalue weighted by Gasteiger charge is 2.19. The third-order valence-corrected chi connectivity index (χ3v) is 5.22. The molecule has 0 saturated heterocycles. The fourth-order valence-electron chi connectivity index (χ4n) is 3.73. The van der Waals surface area contributed by atoms with E-state index < -0.39 is 0 Å². The maximum Gasteiger partial charge on any atom is 0.319 e. The van der Waals surface area contributed by atoms with Gasteiger partial charge in [0, 0.05) is 29.6 Å². The average Bonchev–Trinajstić information content (AvgIpc) is 3.26. The van der Waals surface area contributed by atoms with Crippen LogP contribution in [0.5, 0.6) is 5.75 Å². The second kappa shape index (κ2) is 7.83. The lowest BCUT2D eigenvalue weighted by atomic mass is 10.1. The lowest BCUT2D eigenvalue weighted by Crippen LogP contribution is -2.30. The van der Waals surface area contributed by atoms with Crippen LogP contribution in [0.25, 0.3) is 10.9 Å². The number of aromatic amines is 1. The van der Waals surface area contributed by atoms with Crippen molar-refractivity contribution in [2.45, 2.75) is 6.54 Å². The van der Waals surface area contributed by atoms with Crippen LogP contribution < -0.4 is 20.3 Å². The van der Waals surface area contributed by atoms with Gasteiger partial charge in [-0.25, -0.2) is 4.79 Å². The first kappa shape index (κ1) is 18.1. The van der Waals surface area contributed by atoms with Crippen molar-refractivity contribution in [2.24, 2.45) is 0 Å². The summed E-state index contributed by atoms with van der Waals surface area (Å²) < 4.78 is 5.82. The topological polar surface area (TPSA) is 69.4 Å². The number of hydrogen-bond acceptors (Lipinski definition) is 3. The molecule has 1 aliphatic heterocycles. The summed E-state index contributed by atoms with van der Waals surface area (Å²) in [5, 5.41) is 6.93. The van der Waals surface area contributed by atoms with Gasteiger partial charge in [-0.1, -0.05) is 30.3 Å². The number of para-hydroxylation sites is 1. The van der Waals surface area contributed by atoms with Gasteiger partial charge in [-0.2, -0.15) is 0 Å². The smallest absolute Gasteiger partial charge is 0.319 e. The number of hydrogen-bond donors (Lipinski definition) is 3. The Labute approximate surface area is 174 Å². The number of fused-ring (bicyclic) bond motifs is 2. The van der Waals surface area contributed by atoms with Crippen molar-refractivity contribution >= 4 is 34.0 Å². The van der Waals surface area contributed by atoms with E-state index in [-0.39, 0.29) is 6.03 Å². The van der Waals surface area contributed by atoms with Crippen LogP contribution in [0, 0.1) is 0 Å². The van der Waals surface area contributed by atoms with Crippen LogP contribution >= 0.6 is 0 Å². The van der Waals surface area contributed by atoms with Gasteiger partial charge in [0.1, 0.15) is 12.4 Å². The first-order valence-electron chi connectivity index (χ1n) is 9.96. The molecule has 30 heavy (non-hydrogen) atoms. The van der Waals surface area contributed by atoms with E-state index in [1.165, 1.54) is 0 Å². The van der Waals surface area contributed by atoms with Crippen molar-refractivity contribution in [1.29, 1.82) is 0 Å². The minimum atomic E-state index is -0.241. The molecule has 0 fully saturated rings. The summed E-state index contributed by atoms with van der Waals surface area (Å²) >= 11 is 0. The Morgan fingerprint density at radius 2 is 1.93 bits per heavy atom. The molecule has 0 bridgehead atoms. The minimum absolute atomic E-state index is 0.241. The Kier molecular flexibility index (Phi) is 4.73. The van der Waals surface area contributed by atoms with Crippen molar-refractivity contribution < 1.29 is 9.53 Å². The number of amides is 2. The fourth-order valence-corrected chi connectivity index (χ4v) is 3.73.